The van der Waals surface area contributed by atoms with Crippen LogP contribution < -0.4 is 10.5 Å². The molecule has 1 heterocycles. The Morgan fingerprint density at radius 2 is 1.85 bits per heavy atom. The molecule has 0 radical (unpaired) electrons. The van der Waals surface area contributed by atoms with Gasteiger partial charge in [-0.25, -0.2) is 0 Å². The summed E-state index contributed by atoms with van der Waals surface area (Å²) < 4.78 is 5.66. The fourth-order valence-corrected chi connectivity index (χ4v) is 1.92. The van der Waals surface area contributed by atoms with Crippen molar-refractivity contribution in [2.24, 2.45) is 15.9 Å². The Morgan fingerprint density at radius 3 is 2.55 bits per heavy atom. The van der Waals surface area contributed by atoms with Crippen molar-refractivity contribution in [3.05, 3.63) is 54.1 Å². The van der Waals surface area contributed by atoms with Gasteiger partial charge in [0.2, 0.25) is 0 Å². The molecular weight excluding hydrogens is 254 g/mol. The van der Waals surface area contributed by atoms with Crippen molar-refractivity contribution in [2.75, 3.05) is 0 Å². The van der Waals surface area contributed by atoms with Gasteiger partial charge in [0.15, 0.2) is 11.5 Å². The van der Waals surface area contributed by atoms with Crippen molar-refractivity contribution in [3.8, 4) is 17.2 Å². The standard InChI is InChI=1S/C15H13N3O2/c16-15-9-12(17-18-15)10-6-7-13(19)14(8-10)20-11-4-2-1-3-5-11/h1-8,19H,9H2,(H2,16,18). The van der Waals surface area contributed by atoms with Gasteiger partial charge in [-0.05, 0) is 30.3 Å². The Hall–Kier alpha value is -2.82. The number of para-hydroxylation sites is 1. The molecule has 3 N–H and O–H groups in total. The lowest BCUT2D eigenvalue weighted by Crippen LogP contribution is -2.12. The van der Waals surface area contributed by atoms with Crippen LogP contribution >= 0.6 is 0 Å². The third-order valence-electron chi connectivity index (χ3n) is 2.91. The summed E-state index contributed by atoms with van der Waals surface area (Å²) in [6.07, 6.45) is 0.509. The Kier molecular flexibility index (Phi) is 3.09. The molecule has 0 aromatic heterocycles. The maximum Gasteiger partial charge on any atom is 0.169 e. The summed E-state index contributed by atoms with van der Waals surface area (Å²) in [5.74, 6) is 1.59. The van der Waals surface area contributed by atoms with Crippen LogP contribution in [0.1, 0.15) is 12.0 Å². The second kappa shape index (κ2) is 5.05. The van der Waals surface area contributed by atoms with E-state index in [0.29, 0.717) is 23.8 Å². The molecule has 0 spiro atoms. The number of ether oxygens (including phenoxy) is 1. The highest BCUT2D eigenvalue weighted by Gasteiger charge is 2.14. The van der Waals surface area contributed by atoms with Crippen LogP contribution in [-0.4, -0.2) is 16.7 Å². The van der Waals surface area contributed by atoms with Crippen LogP contribution in [-0.2, 0) is 0 Å². The molecule has 20 heavy (non-hydrogen) atoms. The van der Waals surface area contributed by atoms with Crippen molar-refractivity contribution in [3.63, 3.8) is 0 Å². The number of nitrogens with two attached hydrogens (primary N) is 1. The minimum atomic E-state index is 0.0742. The summed E-state index contributed by atoms with van der Waals surface area (Å²) in [6.45, 7) is 0. The first kappa shape index (κ1) is 12.2. The summed E-state index contributed by atoms with van der Waals surface area (Å²) in [5, 5.41) is 17.7. The van der Waals surface area contributed by atoms with Crippen molar-refractivity contribution >= 4 is 11.5 Å². The number of aromatic hydroxyl groups is 1. The topological polar surface area (TPSA) is 80.2 Å². The first-order chi connectivity index (χ1) is 9.72. The molecule has 0 saturated heterocycles. The Bertz CT molecular complexity index is 694. The van der Waals surface area contributed by atoms with Crippen LogP contribution in [0.4, 0.5) is 0 Å². The van der Waals surface area contributed by atoms with Crippen molar-refractivity contribution < 1.29 is 9.84 Å². The second-order valence-corrected chi connectivity index (χ2v) is 4.41. The molecule has 0 aliphatic carbocycles. The van der Waals surface area contributed by atoms with Gasteiger partial charge in [-0.15, -0.1) is 5.10 Å². The van der Waals surface area contributed by atoms with Crippen molar-refractivity contribution in [2.45, 2.75) is 6.42 Å². The molecule has 5 nitrogen and oxygen atoms in total. The van der Waals surface area contributed by atoms with E-state index < -0.39 is 0 Å². The molecule has 100 valence electrons. The van der Waals surface area contributed by atoms with Crippen molar-refractivity contribution in [1.29, 1.82) is 0 Å². The van der Waals surface area contributed by atoms with Gasteiger partial charge in [0.05, 0.1) is 12.1 Å². The van der Waals surface area contributed by atoms with Gasteiger partial charge in [-0.3, -0.25) is 0 Å². The first-order valence-electron chi connectivity index (χ1n) is 6.17. The predicted octanol–water partition coefficient (Wildman–Crippen LogP) is 2.65. The van der Waals surface area contributed by atoms with Crippen LogP contribution in [0.5, 0.6) is 17.2 Å². The molecular formula is C15H13N3O2. The number of phenolic OH excluding ortho intramolecular Hbond substituents is 1. The maximum atomic E-state index is 9.87. The predicted molar refractivity (Wildman–Crippen MR) is 77.4 cm³/mol. The van der Waals surface area contributed by atoms with Crippen LogP contribution in [0.25, 0.3) is 0 Å². The van der Waals surface area contributed by atoms with E-state index in [4.69, 9.17) is 10.5 Å². The number of nitrogens with zero attached hydrogens (tertiary/aromatic N) is 2. The monoisotopic (exact) mass is 267 g/mol. The number of amidine groups is 1. The van der Waals surface area contributed by atoms with E-state index in [1.165, 1.54) is 0 Å². The lowest BCUT2D eigenvalue weighted by molar-refractivity contribution is 0.411. The van der Waals surface area contributed by atoms with Gasteiger partial charge in [0.25, 0.3) is 0 Å². The fraction of sp³-hybridized carbons (Fsp3) is 0.0667. The number of hydrogen-bond donors (Lipinski definition) is 2. The molecule has 2 aromatic rings. The maximum absolute atomic E-state index is 9.87. The largest absolute Gasteiger partial charge is 0.504 e. The zero-order chi connectivity index (χ0) is 13.9. The van der Waals surface area contributed by atoms with Gasteiger partial charge < -0.3 is 15.6 Å². The van der Waals surface area contributed by atoms with Gasteiger partial charge >= 0.3 is 0 Å². The molecule has 2 aromatic carbocycles. The lowest BCUT2D eigenvalue weighted by atomic mass is 10.1. The van der Waals surface area contributed by atoms with E-state index in [9.17, 15) is 5.11 Å². The quantitative estimate of drug-likeness (QED) is 0.897. The molecule has 0 unspecified atom stereocenters. The SMILES string of the molecule is NC1=NN=C(c2ccc(O)c(Oc3ccccc3)c2)C1. The third kappa shape index (κ3) is 2.47. The number of benzene rings is 2. The molecule has 1 aliphatic rings. The summed E-state index contributed by atoms with van der Waals surface area (Å²) in [5.41, 5.74) is 7.20. The highest BCUT2D eigenvalue weighted by atomic mass is 16.5. The number of hydrogen-bond acceptors (Lipinski definition) is 5. The minimum absolute atomic E-state index is 0.0742. The normalized spacial score (nSPS) is 13.8. The molecule has 0 fully saturated rings. The highest BCUT2D eigenvalue weighted by Crippen LogP contribution is 2.32. The number of phenols is 1. The second-order valence-electron chi connectivity index (χ2n) is 4.41. The van der Waals surface area contributed by atoms with Gasteiger partial charge in [-0.1, -0.05) is 18.2 Å². The first-order valence-corrected chi connectivity index (χ1v) is 6.17. The van der Waals surface area contributed by atoms with Crippen molar-refractivity contribution in [1.82, 2.24) is 0 Å². The lowest BCUT2D eigenvalue weighted by Gasteiger charge is -2.09. The number of rotatable bonds is 3. The summed E-state index contributed by atoms with van der Waals surface area (Å²) in [7, 11) is 0. The van der Waals surface area contributed by atoms with E-state index in [1.54, 1.807) is 18.2 Å². The molecule has 0 bridgehead atoms. The molecule has 3 rings (SSSR count). The molecule has 0 atom stereocenters. The van der Waals surface area contributed by atoms with Crippen LogP contribution in [0, 0.1) is 0 Å². The smallest absolute Gasteiger partial charge is 0.169 e. The Balaban J connectivity index is 1.88. The van der Waals surface area contributed by atoms with Gasteiger partial charge in [-0.2, -0.15) is 5.10 Å². The Labute approximate surface area is 116 Å². The summed E-state index contributed by atoms with van der Waals surface area (Å²) >= 11 is 0. The fourth-order valence-electron chi connectivity index (χ4n) is 1.92. The van der Waals surface area contributed by atoms with Gasteiger partial charge in [0.1, 0.15) is 11.6 Å². The average molecular weight is 267 g/mol. The minimum Gasteiger partial charge on any atom is -0.504 e. The average Bonchev–Trinajstić information content (AvgIpc) is 2.89. The Morgan fingerprint density at radius 1 is 1.05 bits per heavy atom. The van der Waals surface area contributed by atoms with Gasteiger partial charge in [0, 0.05) is 5.56 Å². The molecule has 0 saturated carbocycles. The van der Waals surface area contributed by atoms with E-state index in [0.717, 1.165) is 11.3 Å². The summed E-state index contributed by atoms with van der Waals surface area (Å²) in [4.78, 5) is 0. The van der Waals surface area contributed by atoms with Crippen LogP contribution in [0.3, 0.4) is 0 Å². The molecule has 5 heteroatoms. The zero-order valence-corrected chi connectivity index (χ0v) is 10.7. The van der Waals surface area contributed by atoms with E-state index in [-0.39, 0.29) is 5.75 Å². The third-order valence-corrected chi connectivity index (χ3v) is 2.91. The molecule has 0 amide bonds. The van der Waals surface area contributed by atoms with E-state index in [2.05, 4.69) is 10.2 Å². The van der Waals surface area contributed by atoms with E-state index in [1.807, 2.05) is 30.3 Å². The summed E-state index contributed by atoms with van der Waals surface area (Å²) in [6, 6.07) is 14.3. The molecule has 1 aliphatic heterocycles. The van der Waals surface area contributed by atoms with Crippen LogP contribution in [0.15, 0.2) is 58.7 Å². The highest BCUT2D eigenvalue weighted by molar-refractivity contribution is 6.14. The zero-order valence-electron chi connectivity index (χ0n) is 10.7. The van der Waals surface area contributed by atoms with Crippen LogP contribution in [0.2, 0.25) is 0 Å². The van der Waals surface area contributed by atoms with E-state index >= 15 is 0 Å².